The zero-order valence-electron chi connectivity index (χ0n) is 14.7. The Labute approximate surface area is 157 Å². The van der Waals surface area contributed by atoms with E-state index in [2.05, 4.69) is 9.73 Å². The fraction of sp³-hybridized carbons (Fsp3) is 0.278. The Balaban J connectivity index is 2.10. The largest absolute Gasteiger partial charge is 0.467 e. The smallest absolute Gasteiger partial charge is 0.442 e. The molecule has 1 aromatic heterocycles. The van der Waals surface area contributed by atoms with Crippen LogP contribution in [0.2, 0.25) is 0 Å². The maximum Gasteiger partial charge on any atom is 0.442 e. The van der Waals surface area contributed by atoms with Crippen molar-refractivity contribution in [3.63, 3.8) is 0 Å². The zero-order chi connectivity index (χ0) is 20.4. The van der Waals surface area contributed by atoms with Crippen LogP contribution < -0.4 is 5.32 Å². The van der Waals surface area contributed by atoms with E-state index in [-0.39, 0.29) is 30.3 Å². The second kappa shape index (κ2) is 7.37. The first-order valence-electron chi connectivity index (χ1n) is 8.30. The van der Waals surface area contributed by atoms with Gasteiger partial charge in [0.15, 0.2) is 0 Å². The molecule has 1 unspecified atom stereocenters. The number of alkyl carbamates (subject to hydrolysis) is 1. The predicted molar refractivity (Wildman–Crippen MR) is 91.2 cm³/mol. The standard InChI is InChI=1S/C18H16F3N3O4/c1-2-27-16(26)23-17(18(19,20)21)15(25)24(11-13-9-6-10-28-13)14(22-17)12-7-4-3-5-8-12/h3-10H,2,11H2,1H3,(H,23,26). The van der Waals surface area contributed by atoms with E-state index in [1.54, 1.807) is 29.6 Å². The lowest BCUT2D eigenvalue weighted by molar-refractivity contribution is -0.197. The van der Waals surface area contributed by atoms with Crippen LogP contribution in [0.4, 0.5) is 18.0 Å². The molecule has 1 aliphatic heterocycles. The first-order valence-corrected chi connectivity index (χ1v) is 8.30. The van der Waals surface area contributed by atoms with Crippen molar-refractivity contribution in [2.24, 2.45) is 4.99 Å². The summed E-state index contributed by atoms with van der Waals surface area (Å²) in [5.74, 6) is -1.44. The zero-order valence-corrected chi connectivity index (χ0v) is 14.7. The van der Waals surface area contributed by atoms with Crippen LogP contribution >= 0.6 is 0 Å². The number of ether oxygens (including phenoxy) is 1. The number of furan rings is 1. The Hall–Kier alpha value is -3.30. The van der Waals surface area contributed by atoms with E-state index in [9.17, 15) is 22.8 Å². The van der Waals surface area contributed by atoms with E-state index in [0.717, 1.165) is 4.90 Å². The second-order valence-electron chi connectivity index (χ2n) is 5.83. The Bertz CT molecular complexity index is 881. The normalized spacial score (nSPS) is 19.5. The number of hydrogen-bond acceptors (Lipinski definition) is 5. The maximum absolute atomic E-state index is 14.0. The van der Waals surface area contributed by atoms with Crippen molar-refractivity contribution in [3.05, 3.63) is 60.1 Å². The molecule has 148 valence electrons. The van der Waals surface area contributed by atoms with Gasteiger partial charge in [-0.15, -0.1) is 0 Å². The van der Waals surface area contributed by atoms with Crippen LogP contribution in [0, 0.1) is 0 Å². The van der Waals surface area contributed by atoms with Gasteiger partial charge >= 0.3 is 17.9 Å². The highest BCUT2D eigenvalue weighted by molar-refractivity contribution is 6.16. The van der Waals surface area contributed by atoms with Gasteiger partial charge in [-0.2, -0.15) is 13.2 Å². The van der Waals surface area contributed by atoms with E-state index >= 15 is 0 Å². The molecule has 1 atom stereocenters. The average molecular weight is 395 g/mol. The van der Waals surface area contributed by atoms with Crippen LogP contribution in [0.1, 0.15) is 18.2 Å². The Kier molecular flexibility index (Phi) is 5.12. The molecule has 0 saturated carbocycles. The molecule has 1 N–H and O–H groups in total. The monoisotopic (exact) mass is 395 g/mol. The molecule has 2 heterocycles. The number of carbonyl (C=O) groups is 2. The van der Waals surface area contributed by atoms with Crippen molar-refractivity contribution in [2.45, 2.75) is 25.3 Å². The molecule has 0 bridgehead atoms. The van der Waals surface area contributed by atoms with Gasteiger partial charge in [-0.3, -0.25) is 15.0 Å². The van der Waals surface area contributed by atoms with E-state index in [1.807, 2.05) is 0 Å². The molecule has 7 nitrogen and oxygen atoms in total. The minimum atomic E-state index is -5.20. The minimum Gasteiger partial charge on any atom is -0.467 e. The topological polar surface area (TPSA) is 84.1 Å². The lowest BCUT2D eigenvalue weighted by Gasteiger charge is -2.28. The summed E-state index contributed by atoms with van der Waals surface area (Å²) in [6.45, 7) is 0.972. The summed E-state index contributed by atoms with van der Waals surface area (Å²) in [6.07, 6.45) is -5.26. The number of aliphatic imine (C=N–C) groups is 1. The van der Waals surface area contributed by atoms with Gasteiger partial charge in [0.05, 0.1) is 19.4 Å². The van der Waals surface area contributed by atoms with Gasteiger partial charge in [0.25, 0.3) is 5.91 Å². The third-order valence-electron chi connectivity index (χ3n) is 3.98. The highest BCUT2D eigenvalue weighted by Gasteiger charge is 2.67. The Morgan fingerprint density at radius 1 is 1.25 bits per heavy atom. The number of hydrogen-bond donors (Lipinski definition) is 1. The van der Waals surface area contributed by atoms with Crippen LogP contribution in [-0.4, -0.2) is 41.2 Å². The van der Waals surface area contributed by atoms with Gasteiger partial charge in [0, 0.05) is 5.56 Å². The average Bonchev–Trinajstić information content (AvgIpc) is 3.25. The number of nitrogens with one attached hydrogen (secondary N) is 1. The van der Waals surface area contributed by atoms with Crippen molar-refractivity contribution in [2.75, 3.05) is 6.61 Å². The van der Waals surface area contributed by atoms with Gasteiger partial charge in [0.2, 0.25) is 0 Å². The molecule has 0 radical (unpaired) electrons. The van der Waals surface area contributed by atoms with Crippen molar-refractivity contribution < 1.29 is 31.9 Å². The van der Waals surface area contributed by atoms with E-state index in [4.69, 9.17) is 4.42 Å². The van der Waals surface area contributed by atoms with Crippen LogP contribution in [0.25, 0.3) is 0 Å². The van der Waals surface area contributed by atoms with Crippen molar-refractivity contribution in [3.8, 4) is 0 Å². The lowest BCUT2D eigenvalue weighted by Crippen LogP contribution is -2.63. The summed E-state index contributed by atoms with van der Waals surface area (Å²) < 4.78 is 51.6. The third-order valence-corrected chi connectivity index (χ3v) is 3.98. The van der Waals surface area contributed by atoms with Gasteiger partial charge in [-0.05, 0) is 19.1 Å². The second-order valence-corrected chi connectivity index (χ2v) is 5.83. The van der Waals surface area contributed by atoms with E-state index in [1.165, 1.54) is 31.4 Å². The number of nitrogens with zero attached hydrogens (tertiary/aromatic N) is 2. The summed E-state index contributed by atoms with van der Waals surface area (Å²) in [5, 5.41) is 1.60. The number of amidine groups is 1. The third kappa shape index (κ3) is 3.45. The van der Waals surface area contributed by atoms with Gasteiger partial charge in [-0.25, -0.2) is 9.79 Å². The van der Waals surface area contributed by atoms with Gasteiger partial charge < -0.3 is 9.15 Å². The van der Waals surface area contributed by atoms with Crippen molar-refractivity contribution >= 4 is 17.8 Å². The van der Waals surface area contributed by atoms with E-state index in [0.29, 0.717) is 0 Å². The molecule has 2 amide bonds. The van der Waals surface area contributed by atoms with Crippen molar-refractivity contribution in [1.82, 2.24) is 10.2 Å². The predicted octanol–water partition coefficient (Wildman–Crippen LogP) is 3.07. The quantitative estimate of drug-likeness (QED) is 0.843. The number of benzene rings is 1. The fourth-order valence-electron chi connectivity index (χ4n) is 2.72. The molecular weight excluding hydrogens is 379 g/mol. The number of carbonyl (C=O) groups excluding carboxylic acids is 2. The minimum absolute atomic E-state index is 0.167. The molecule has 1 aliphatic rings. The highest BCUT2D eigenvalue weighted by Crippen LogP contribution is 2.39. The number of amides is 2. The van der Waals surface area contributed by atoms with Crippen molar-refractivity contribution in [1.29, 1.82) is 0 Å². The SMILES string of the molecule is CCOC(=O)NC1(C(F)(F)F)N=C(c2ccccc2)N(Cc2ccco2)C1=O. The molecule has 2 aromatic rings. The summed E-state index contributed by atoms with van der Waals surface area (Å²) in [5.41, 5.74) is -3.21. The first kappa shape index (κ1) is 19.5. The molecule has 0 aliphatic carbocycles. The molecule has 0 spiro atoms. The first-order chi connectivity index (χ1) is 13.3. The molecule has 0 saturated heterocycles. The summed E-state index contributed by atoms with van der Waals surface area (Å²) >= 11 is 0. The highest BCUT2D eigenvalue weighted by atomic mass is 19.4. The maximum atomic E-state index is 14.0. The van der Waals surface area contributed by atoms with Gasteiger partial charge in [0.1, 0.15) is 11.6 Å². The van der Waals surface area contributed by atoms with Crippen LogP contribution in [-0.2, 0) is 16.1 Å². The Morgan fingerprint density at radius 3 is 2.54 bits per heavy atom. The van der Waals surface area contributed by atoms with Crippen LogP contribution in [0.15, 0.2) is 58.1 Å². The molecule has 28 heavy (non-hydrogen) atoms. The number of alkyl halides is 3. The fourth-order valence-corrected chi connectivity index (χ4v) is 2.72. The van der Waals surface area contributed by atoms with Gasteiger partial charge in [-0.1, -0.05) is 30.3 Å². The molecular formula is C18H16F3N3O4. The van der Waals surface area contributed by atoms with E-state index < -0.39 is 23.8 Å². The molecule has 3 rings (SSSR count). The Morgan fingerprint density at radius 2 is 1.96 bits per heavy atom. The summed E-state index contributed by atoms with van der Waals surface area (Å²) in [7, 11) is 0. The molecule has 1 aromatic carbocycles. The van der Waals surface area contributed by atoms with Crippen LogP contribution in [0.3, 0.4) is 0 Å². The summed E-state index contributed by atoms with van der Waals surface area (Å²) in [6, 6.07) is 11.0. The summed E-state index contributed by atoms with van der Waals surface area (Å²) in [4.78, 5) is 29.1. The number of rotatable bonds is 5. The number of halogens is 3. The molecule has 10 heteroatoms. The lowest BCUT2D eigenvalue weighted by atomic mass is 10.1. The van der Waals surface area contributed by atoms with Crippen LogP contribution in [0.5, 0.6) is 0 Å². The molecule has 0 fully saturated rings.